The first-order chi connectivity index (χ1) is 28.1. The highest BCUT2D eigenvalue weighted by Crippen LogP contribution is 2.30. The lowest BCUT2D eigenvalue weighted by atomic mass is 9.97. The van der Waals surface area contributed by atoms with E-state index in [4.69, 9.17) is 18.9 Å². The lowest BCUT2D eigenvalue weighted by Crippen LogP contribution is -2.65. The van der Waals surface area contributed by atoms with Crippen molar-refractivity contribution in [2.24, 2.45) is 0 Å². The van der Waals surface area contributed by atoms with Crippen LogP contribution in [0.2, 0.25) is 0 Å². The standard InChI is InChI=1S/C44H83NO13/c1-3-5-7-8-9-10-11-12-13-14-15-16-17-18-19-20-21-22-23-24-26-27-33(48)32(45-36(49)28-25-6-4-2)31-55-43-41(54)39(52)42(35(30-47)57-43)58-44-40(53)38(51)37(50)34(29-46)56-44/h26-27,32-35,37-44,46-48,50-54H,3-25,28-31H2,1-2H3,(H,45,49)/b27-26+. The number of unbranched alkanes of at least 4 members (excludes halogenated alkanes) is 21. The molecule has 342 valence electrons. The highest BCUT2D eigenvalue weighted by molar-refractivity contribution is 5.76. The summed E-state index contributed by atoms with van der Waals surface area (Å²) in [6.07, 6.45) is 15.1. The molecule has 0 aromatic heterocycles. The van der Waals surface area contributed by atoms with Crippen LogP contribution in [0.3, 0.4) is 0 Å². The number of carbonyl (C=O) groups is 1. The van der Waals surface area contributed by atoms with Gasteiger partial charge in [0.05, 0.1) is 32.0 Å². The first kappa shape index (κ1) is 52.9. The van der Waals surface area contributed by atoms with Crippen LogP contribution in [0.15, 0.2) is 12.2 Å². The summed E-state index contributed by atoms with van der Waals surface area (Å²) < 4.78 is 22.5. The van der Waals surface area contributed by atoms with Gasteiger partial charge in [-0.3, -0.25) is 4.79 Å². The molecule has 12 atom stereocenters. The van der Waals surface area contributed by atoms with Crippen molar-refractivity contribution in [3.05, 3.63) is 12.2 Å². The van der Waals surface area contributed by atoms with Crippen LogP contribution in [0, 0.1) is 0 Å². The number of ether oxygens (including phenoxy) is 4. The quantitative estimate of drug-likeness (QED) is 0.0324. The van der Waals surface area contributed by atoms with E-state index >= 15 is 0 Å². The van der Waals surface area contributed by atoms with Crippen LogP contribution in [0.4, 0.5) is 0 Å². The molecule has 58 heavy (non-hydrogen) atoms. The van der Waals surface area contributed by atoms with Gasteiger partial charge in [0.25, 0.3) is 0 Å². The number of aliphatic hydroxyl groups excluding tert-OH is 8. The molecule has 0 aliphatic carbocycles. The van der Waals surface area contributed by atoms with E-state index in [9.17, 15) is 45.6 Å². The van der Waals surface area contributed by atoms with Crippen LogP contribution in [0.5, 0.6) is 0 Å². The predicted octanol–water partition coefficient (Wildman–Crippen LogP) is 4.43. The highest BCUT2D eigenvalue weighted by Gasteiger charge is 2.50. The monoisotopic (exact) mass is 834 g/mol. The molecule has 0 spiro atoms. The molecule has 9 N–H and O–H groups in total. The fourth-order valence-corrected chi connectivity index (χ4v) is 7.64. The van der Waals surface area contributed by atoms with E-state index in [1.807, 2.05) is 13.0 Å². The van der Waals surface area contributed by atoms with E-state index in [1.165, 1.54) is 109 Å². The van der Waals surface area contributed by atoms with Crippen molar-refractivity contribution in [2.75, 3.05) is 19.8 Å². The molecule has 14 nitrogen and oxygen atoms in total. The van der Waals surface area contributed by atoms with Crippen molar-refractivity contribution in [3.8, 4) is 0 Å². The average molecular weight is 834 g/mol. The van der Waals surface area contributed by atoms with E-state index in [1.54, 1.807) is 6.08 Å². The molecule has 0 bridgehead atoms. The van der Waals surface area contributed by atoms with E-state index in [0.29, 0.717) is 6.42 Å². The van der Waals surface area contributed by atoms with Crippen molar-refractivity contribution >= 4 is 5.91 Å². The van der Waals surface area contributed by atoms with Crippen LogP contribution in [0.1, 0.15) is 168 Å². The second-order valence-corrected chi connectivity index (χ2v) is 16.5. The van der Waals surface area contributed by atoms with Crippen molar-refractivity contribution in [1.29, 1.82) is 0 Å². The Hall–Kier alpha value is -1.27. The van der Waals surface area contributed by atoms with E-state index in [0.717, 1.165) is 32.1 Å². The summed E-state index contributed by atoms with van der Waals surface area (Å²) in [5.41, 5.74) is 0. The van der Waals surface area contributed by atoms with Crippen molar-refractivity contribution in [2.45, 2.75) is 242 Å². The van der Waals surface area contributed by atoms with Crippen molar-refractivity contribution in [1.82, 2.24) is 5.32 Å². The highest BCUT2D eigenvalue weighted by atomic mass is 16.7. The van der Waals surface area contributed by atoms with E-state index in [-0.39, 0.29) is 18.9 Å². The zero-order valence-corrected chi connectivity index (χ0v) is 35.8. The van der Waals surface area contributed by atoms with Gasteiger partial charge in [-0.05, 0) is 19.3 Å². The molecule has 14 heteroatoms. The number of rotatable bonds is 34. The van der Waals surface area contributed by atoms with E-state index < -0.39 is 86.8 Å². The maximum atomic E-state index is 12.8. The van der Waals surface area contributed by atoms with Gasteiger partial charge in [-0.15, -0.1) is 0 Å². The summed E-state index contributed by atoms with van der Waals surface area (Å²) in [4.78, 5) is 12.8. The number of amides is 1. The van der Waals surface area contributed by atoms with Crippen LogP contribution in [-0.4, -0.2) is 140 Å². The van der Waals surface area contributed by atoms with Crippen LogP contribution >= 0.6 is 0 Å². The van der Waals surface area contributed by atoms with Gasteiger partial charge in [-0.2, -0.15) is 0 Å². The topological polar surface area (TPSA) is 228 Å². The third kappa shape index (κ3) is 20.5. The zero-order chi connectivity index (χ0) is 42.5. The molecule has 0 aromatic rings. The van der Waals surface area contributed by atoms with Gasteiger partial charge in [0.1, 0.15) is 48.8 Å². The van der Waals surface area contributed by atoms with Gasteiger partial charge in [0.2, 0.25) is 5.91 Å². The van der Waals surface area contributed by atoms with Crippen molar-refractivity contribution < 1.29 is 64.6 Å². The molecule has 2 saturated heterocycles. The lowest BCUT2D eigenvalue weighted by molar-refractivity contribution is -0.359. The Morgan fingerprint density at radius 3 is 1.59 bits per heavy atom. The van der Waals surface area contributed by atoms with Crippen LogP contribution in [-0.2, 0) is 23.7 Å². The Morgan fingerprint density at radius 1 is 0.603 bits per heavy atom. The van der Waals surface area contributed by atoms with E-state index in [2.05, 4.69) is 12.2 Å². The molecule has 2 aliphatic heterocycles. The Morgan fingerprint density at radius 2 is 1.07 bits per heavy atom. The number of hydrogen-bond acceptors (Lipinski definition) is 13. The summed E-state index contributed by atoms with van der Waals surface area (Å²) in [5, 5.41) is 85.9. The van der Waals surface area contributed by atoms with Gasteiger partial charge in [0, 0.05) is 6.42 Å². The summed E-state index contributed by atoms with van der Waals surface area (Å²) in [6.45, 7) is 2.59. The third-order valence-corrected chi connectivity index (χ3v) is 11.5. The largest absolute Gasteiger partial charge is 0.394 e. The number of carbonyl (C=O) groups excluding carboxylic acids is 1. The average Bonchev–Trinajstić information content (AvgIpc) is 3.22. The lowest BCUT2D eigenvalue weighted by Gasteiger charge is -2.46. The fraction of sp³-hybridized carbons (Fsp3) is 0.932. The second kappa shape index (κ2) is 32.4. The Balaban J connectivity index is 1.73. The maximum absolute atomic E-state index is 12.8. The Labute approximate surface area is 348 Å². The van der Waals surface area contributed by atoms with Gasteiger partial charge in [-0.25, -0.2) is 0 Å². The molecular weight excluding hydrogens is 750 g/mol. The minimum Gasteiger partial charge on any atom is -0.394 e. The molecule has 2 fully saturated rings. The first-order valence-corrected chi connectivity index (χ1v) is 22.9. The molecule has 2 heterocycles. The molecular formula is C44H83NO13. The summed E-state index contributed by atoms with van der Waals surface area (Å²) >= 11 is 0. The number of allylic oxidation sites excluding steroid dienone is 1. The molecule has 12 unspecified atom stereocenters. The number of hydrogen-bond donors (Lipinski definition) is 9. The summed E-state index contributed by atoms with van der Waals surface area (Å²) in [7, 11) is 0. The zero-order valence-electron chi connectivity index (χ0n) is 35.8. The summed E-state index contributed by atoms with van der Waals surface area (Å²) in [5.74, 6) is -0.264. The maximum Gasteiger partial charge on any atom is 0.220 e. The molecule has 2 aliphatic rings. The fourth-order valence-electron chi connectivity index (χ4n) is 7.64. The summed E-state index contributed by atoms with van der Waals surface area (Å²) in [6, 6.07) is -0.904. The minimum absolute atomic E-state index is 0.264. The second-order valence-electron chi connectivity index (χ2n) is 16.5. The predicted molar refractivity (Wildman–Crippen MR) is 222 cm³/mol. The van der Waals surface area contributed by atoms with Crippen molar-refractivity contribution in [3.63, 3.8) is 0 Å². The third-order valence-electron chi connectivity index (χ3n) is 11.5. The van der Waals surface area contributed by atoms with Gasteiger partial charge < -0.3 is 65.1 Å². The molecule has 2 rings (SSSR count). The Kier molecular flexibility index (Phi) is 29.6. The van der Waals surface area contributed by atoms with Gasteiger partial charge in [0.15, 0.2) is 12.6 Å². The van der Waals surface area contributed by atoms with Crippen LogP contribution in [0.25, 0.3) is 0 Å². The van der Waals surface area contributed by atoms with Gasteiger partial charge >= 0.3 is 0 Å². The molecule has 0 aromatic carbocycles. The molecule has 0 radical (unpaired) electrons. The minimum atomic E-state index is -1.78. The molecule has 1 amide bonds. The number of nitrogens with one attached hydrogen (secondary N) is 1. The Bertz CT molecular complexity index is 1040. The first-order valence-electron chi connectivity index (χ1n) is 22.9. The van der Waals surface area contributed by atoms with Crippen LogP contribution < -0.4 is 5.32 Å². The smallest absolute Gasteiger partial charge is 0.220 e. The normalized spacial score (nSPS) is 28.9. The molecule has 0 saturated carbocycles. The van der Waals surface area contributed by atoms with Gasteiger partial charge in [-0.1, -0.05) is 154 Å². The SMILES string of the molecule is CCCCCCCCCCCCCCCCCCCCC/C=C/C(O)C(COC1OC(CO)C(OC2OC(CO)C(O)C(O)C2O)C(O)C1O)NC(=O)CCCCC. The number of aliphatic hydroxyl groups is 8.